The van der Waals surface area contributed by atoms with Gasteiger partial charge in [0.25, 0.3) is 0 Å². The number of ether oxygens (including phenoxy) is 1. The standard InChI is InChI=1S/C20H22N2O2/c1-24-19(23)20(18-7-3-2-4-11-22-18)15-8-9-17(20)16(12-15)14-6-5-10-21-13-14/h2-7,10-11,13,15-17,22H,8-9,12H2,1H3. The van der Waals surface area contributed by atoms with Crippen LogP contribution in [0, 0.1) is 17.3 Å². The highest BCUT2D eigenvalue weighted by Crippen LogP contribution is 2.66. The highest BCUT2D eigenvalue weighted by Gasteiger charge is 2.65. The fourth-order valence-electron chi connectivity index (χ4n) is 5.13. The molecule has 2 saturated carbocycles. The Labute approximate surface area is 142 Å². The number of fused-ring (bicyclic) bond motifs is 2. The minimum Gasteiger partial charge on any atom is -0.468 e. The van der Waals surface area contributed by atoms with Crippen molar-refractivity contribution in [2.45, 2.75) is 25.2 Å². The van der Waals surface area contributed by atoms with E-state index in [1.54, 1.807) is 6.20 Å². The molecule has 1 aliphatic heterocycles. The van der Waals surface area contributed by atoms with E-state index in [-0.39, 0.29) is 11.9 Å². The second kappa shape index (κ2) is 5.93. The van der Waals surface area contributed by atoms with Crippen LogP contribution in [0.3, 0.4) is 0 Å². The predicted molar refractivity (Wildman–Crippen MR) is 91.8 cm³/mol. The summed E-state index contributed by atoms with van der Waals surface area (Å²) in [5.74, 6) is 0.802. The molecule has 4 atom stereocenters. The summed E-state index contributed by atoms with van der Waals surface area (Å²) >= 11 is 0. The molecule has 124 valence electrons. The third kappa shape index (κ3) is 2.05. The van der Waals surface area contributed by atoms with Crippen LogP contribution in [0.4, 0.5) is 0 Å². The number of hydrogen-bond acceptors (Lipinski definition) is 4. The summed E-state index contributed by atoms with van der Waals surface area (Å²) < 4.78 is 5.31. The molecule has 0 spiro atoms. The van der Waals surface area contributed by atoms with Gasteiger partial charge in [0, 0.05) is 24.3 Å². The molecule has 2 heterocycles. The molecule has 2 aliphatic carbocycles. The molecular weight excluding hydrogens is 300 g/mol. The van der Waals surface area contributed by atoms with Crippen LogP contribution >= 0.6 is 0 Å². The molecule has 2 fully saturated rings. The smallest absolute Gasteiger partial charge is 0.318 e. The maximum absolute atomic E-state index is 13.0. The normalized spacial score (nSPS) is 33.7. The van der Waals surface area contributed by atoms with E-state index >= 15 is 0 Å². The van der Waals surface area contributed by atoms with Crippen molar-refractivity contribution in [3.8, 4) is 0 Å². The number of esters is 1. The molecule has 3 aliphatic rings. The summed E-state index contributed by atoms with van der Waals surface area (Å²) in [5.41, 5.74) is 1.63. The first-order valence-corrected chi connectivity index (χ1v) is 8.57. The number of pyridine rings is 1. The Kier molecular flexibility index (Phi) is 3.75. The Morgan fingerprint density at radius 1 is 1.33 bits per heavy atom. The van der Waals surface area contributed by atoms with Crippen molar-refractivity contribution in [2.24, 2.45) is 17.3 Å². The van der Waals surface area contributed by atoms with Crippen LogP contribution < -0.4 is 5.32 Å². The number of allylic oxidation sites excluding steroid dienone is 4. The molecule has 4 rings (SSSR count). The van der Waals surface area contributed by atoms with Crippen molar-refractivity contribution in [1.29, 1.82) is 0 Å². The first-order chi connectivity index (χ1) is 11.8. The summed E-state index contributed by atoms with van der Waals surface area (Å²) in [6.45, 7) is 0. The number of hydrogen-bond donors (Lipinski definition) is 1. The molecule has 1 N–H and O–H groups in total. The Morgan fingerprint density at radius 3 is 3.04 bits per heavy atom. The fourth-order valence-corrected chi connectivity index (χ4v) is 5.13. The third-order valence-corrected chi connectivity index (χ3v) is 5.98. The lowest BCUT2D eigenvalue weighted by molar-refractivity contribution is -0.153. The summed E-state index contributed by atoms with van der Waals surface area (Å²) in [6, 6.07) is 4.12. The number of rotatable bonds is 3. The Morgan fingerprint density at radius 2 is 2.25 bits per heavy atom. The van der Waals surface area contributed by atoms with Gasteiger partial charge in [0.15, 0.2) is 0 Å². The van der Waals surface area contributed by atoms with Gasteiger partial charge in [-0.25, -0.2) is 0 Å². The van der Waals surface area contributed by atoms with Crippen LogP contribution in [0.2, 0.25) is 0 Å². The van der Waals surface area contributed by atoms with E-state index < -0.39 is 5.41 Å². The van der Waals surface area contributed by atoms with Crippen LogP contribution in [0.5, 0.6) is 0 Å². The summed E-state index contributed by atoms with van der Waals surface area (Å²) in [7, 11) is 1.50. The molecule has 0 radical (unpaired) electrons. The van der Waals surface area contributed by atoms with Crippen LogP contribution in [0.15, 0.2) is 60.7 Å². The van der Waals surface area contributed by atoms with Gasteiger partial charge in [-0.3, -0.25) is 9.78 Å². The van der Waals surface area contributed by atoms with Crippen molar-refractivity contribution in [1.82, 2.24) is 10.3 Å². The minimum atomic E-state index is -0.575. The molecule has 0 aromatic carbocycles. The Hall–Kier alpha value is -2.36. The first kappa shape index (κ1) is 15.2. The van der Waals surface area contributed by atoms with Crippen molar-refractivity contribution >= 4 is 5.97 Å². The van der Waals surface area contributed by atoms with E-state index in [1.165, 1.54) is 12.7 Å². The Balaban J connectivity index is 1.80. The lowest BCUT2D eigenvalue weighted by atomic mass is 9.72. The number of nitrogens with one attached hydrogen (secondary N) is 1. The first-order valence-electron chi connectivity index (χ1n) is 8.57. The van der Waals surface area contributed by atoms with Crippen LogP contribution in [0.1, 0.15) is 30.7 Å². The third-order valence-electron chi connectivity index (χ3n) is 5.98. The van der Waals surface area contributed by atoms with E-state index in [9.17, 15) is 4.79 Å². The quantitative estimate of drug-likeness (QED) is 0.868. The van der Waals surface area contributed by atoms with Gasteiger partial charge in [0.05, 0.1) is 7.11 Å². The van der Waals surface area contributed by atoms with Gasteiger partial charge < -0.3 is 10.1 Å². The van der Waals surface area contributed by atoms with Crippen LogP contribution in [0.25, 0.3) is 0 Å². The van der Waals surface area contributed by atoms with Gasteiger partial charge in [-0.2, -0.15) is 0 Å². The SMILES string of the molecule is COC(=O)C1(C2=CC=CC=CN2)C2CCC1C(c1cccnc1)C2. The highest BCUT2D eigenvalue weighted by molar-refractivity contribution is 5.83. The minimum absolute atomic E-state index is 0.108. The molecule has 0 saturated heterocycles. The van der Waals surface area contributed by atoms with Crippen molar-refractivity contribution < 1.29 is 9.53 Å². The summed E-state index contributed by atoms with van der Waals surface area (Å²) in [4.78, 5) is 17.3. The monoisotopic (exact) mass is 322 g/mol. The van der Waals surface area contributed by atoms with Gasteiger partial charge in [-0.1, -0.05) is 18.2 Å². The van der Waals surface area contributed by atoms with Gasteiger partial charge in [0.1, 0.15) is 5.41 Å². The molecule has 4 unspecified atom stereocenters. The van der Waals surface area contributed by atoms with E-state index in [1.807, 2.05) is 42.8 Å². The molecule has 2 bridgehead atoms. The van der Waals surface area contributed by atoms with E-state index in [0.29, 0.717) is 11.8 Å². The number of carbonyl (C=O) groups excluding carboxylic acids is 1. The predicted octanol–water partition coefficient (Wildman–Crippen LogP) is 3.31. The largest absolute Gasteiger partial charge is 0.468 e. The van der Waals surface area contributed by atoms with Gasteiger partial charge in [-0.15, -0.1) is 0 Å². The van der Waals surface area contributed by atoms with E-state index in [0.717, 1.165) is 25.0 Å². The zero-order valence-corrected chi connectivity index (χ0v) is 13.8. The van der Waals surface area contributed by atoms with E-state index in [4.69, 9.17) is 4.74 Å². The van der Waals surface area contributed by atoms with E-state index in [2.05, 4.69) is 16.4 Å². The van der Waals surface area contributed by atoms with Crippen molar-refractivity contribution in [3.05, 3.63) is 66.3 Å². The van der Waals surface area contributed by atoms with Gasteiger partial charge in [0.2, 0.25) is 0 Å². The number of methoxy groups -OCH3 is 1. The number of aromatic nitrogens is 1. The van der Waals surface area contributed by atoms with Gasteiger partial charge >= 0.3 is 5.97 Å². The second-order valence-electron chi connectivity index (χ2n) is 6.84. The zero-order valence-electron chi connectivity index (χ0n) is 13.8. The summed E-state index contributed by atoms with van der Waals surface area (Å²) in [6.07, 6.45) is 16.7. The Bertz CT molecular complexity index is 722. The zero-order chi connectivity index (χ0) is 16.6. The fraction of sp³-hybridized carbons (Fsp3) is 0.400. The maximum atomic E-state index is 13.0. The van der Waals surface area contributed by atoms with Crippen molar-refractivity contribution in [3.63, 3.8) is 0 Å². The lowest BCUT2D eigenvalue weighted by Crippen LogP contribution is -2.43. The molecule has 4 heteroatoms. The average Bonchev–Trinajstić information content (AvgIpc) is 3.02. The number of nitrogens with zero attached hydrogens (tertiary/aromatic N) is 1. The van der Waals surface area contributed by atoms with Crippen molar-refractivity contribution in [2.75, 3.05) is 7.11 Å². The molecule has 4 nitrogen and oxygen atoms in total. The average molecular weight is 322 g/mol. The highest BCUT2D eigenvalue weighted by atomic mass is 16.5. The molecule has 0 amide bonds. The van der Waals surface area contributed by atoms with Crippen LogP contribution in [-0.4, -0.2) is 18.1 Å². The molecule has 1 aromatic rings. The molecule has 24 heavy (non-hydrogen) atoms. The van der Waals surface area contributed by atoms with Crippen LogP contribution in [-0.2, 0) is 9.53 Å². The molecular formula is C20H22N2O2. The topological polar surface area (TPSA) is 51.2 Å². The van der Waals surface area contributed by atoms with Gasteiger partial charge in [-0.05, 0) is 60.8 Å². The maximum Gasteiger partial charge on any atom is 0.318 e. The molecule has 1 aromatic heterocycles. The summed E-state index contributed by atoms with van der Waals surface area (Å²) in [5, 5.41) is 3.35. The lowest BCUT2D eigenvalue weighted by Gasteiger charge is -2.35. The number of carbonyl (C=O) groups is 1. The second-order valence-corrected chi connectivity index (χ2v) is 6.84.